The van der Waals surface area contributed by atoms with Crippen molar-refractivity contribution in [2.45, 2.75) is 26.3 Å². The third-order valence-electron chi connectivity index (χ3n) is 1.58. The summed E-state index contributed by atoms with van der Waals surface area (Å²) in [5, 5.41) is 14.9. The van der Waals surface area contributed by atoms with Crippen molar-refractivity contribution in [1.82, 2.24) is 9.78 Å². The van der Waals surface area contributed by atoms with Crippen molar-refractivity contribution >= 4 is 50.9 Å². The fraction of sp³-hybridized carbons (Fsp3) is 0.571. The second-order valence-corrected chi connectivity index (χ2v) is 5.81. The van der Waals surface area contributed by atoms with E-state index in [2.05, 4.69) is 5.10 Å². The number of nitrogens with zero attached hydrogens (tertiary/aromatic N) is 3. The number of rotatable bonds is 1. The van der Waals surface area contributed by atoms with E-state index in [0.29, 0.717) is 7.40 Å². The van der Waals surface area contributed by atoms with Crippen LogP contribution < -0.4 is 0 Å². The van der Waals surface area contributed by atoms with Gasteiger partial charge >= 0.3 is 5.69 Å². The summed E-state index contributed by atoms with van der Waals surface area (Å²) in [6, 6.07) is 0. The monoisotopic (exact) mass is 421 g/mol. The number of hydrogen-bond acceptors (Lipinski definition) is 3. The minimum Gasteiger partial charge on any atom is -0.258 e. The van der Waals surface area contributed by atoms with Gasteiger partial charge in [0.2, 0.25) is 3.70 Å². The van der Waals surface area contributed by atoms with Crippen LogP contribution in [0.25, 0.3) is 0 Å². The van der Waals surface area contributed by atoms with Gasteiger partial charge < -0.3 is 0 Å². The maximum absolute atomic E-state index is 10.7. The number of aromatic nitrogens is 2. The van der Waals surface area contributed by atoms with Gasteiger partial charge in [0, 0.05) is 0 Å². The van der Waals surface area contributed by atoms with Gasteiger partial charge in [-0.2, -0.15) is 5.10 Å². The van der Waals surface area contributed by atoms with Crippen LogP contribution >= 0.6 is 45.2 Å². The summed E-state index contributed by atoms with van der Waals surface area (Å²) >= 11 is 3.84. The zero-order valence-electron chi connectivity index (χ0n) is 7.91. The average molecular weight is 421 g/mol. The molecule has 0 N–H and O–H groups in total. The highest BCUT2D eigenvalue weighted by molar-refractivity contribution is 14.1. The van der Waals surface area contributed by atoms with Crippen molar-refractivity contribution in [3.05, 3.63) is 17.5 Å². The van der Waals surface area contributed by atoms with Gasteiger partial charge in [-0.25, -0.2) is 4.68 Å². The lowest BCUT2D eigenvalue weighted by Crippen LogP contribution is -2.24. The molecule has 1 aromatic heterocycles. The number of nitro groups is 1. The molecule has 0 aliphatic heterocycles. The molecule has 1 aromatic rings. The van der Waals surface area contributed by atoms with Crippen LogP contribution in [0.5, 0.6) is 0 Å². The summed E-state index contributed by atoms with van der Waals surface area (Å²) in [6.07, 6.45) is 0. The zero-order chi connectivity index (χ0) is 11.1. The second-order valence-electron chi connectivity index (χ2n) is 3.77. The van der Waals surface area contributed by atoms with Crippen LogP contribution in [0.15, 0.2) is 0 Å². The van der Waals surface area contributed by atoms with Crippen LogP contribution in [0.4, 0.5) is 5.69 Å². The van der Waals surface area contributed by atoms with Crippen LogP contribution in [0.2, 0.25) is 0 Å². The first-order chi connectivity index (χ1) is 6.25. The molecule has 14 heavy (non-hydrogen) atoms. The van der Waals surface area contributed by atoms with Crippen molar-refractivity contribution in [3.8, 4) is 0 Å². The van der Waals surface area contributed by atoms with Crippen molar-refractivity contribution < 1.29 is 4.92 Å². The van der Waals surface area contributed by atoms with Crippen LogP contribution in [0, 0.1) is 17.5 Å². The van der Waals surface area contributed by atoms with Crippen molar-refractivity contribution in [1.29, 1.82) is 0 Å². The summed E-state index contributed by atoms with van der Waals surface area (Å²) in [5.41, 5.74) is -0.133. The topological polar surface area (TPSA) is 61.0 Å². The maximum Gasteiger partial charge on any atom is 0.333 e. The summed E-state index contributed by atoms with van der Waals surface area (Å²) in [7, 11) is 0. The molecule has 0 aliphatic carbocycles. The molecule has 0 bridgehead atoms. The molecule has 0 radical (unpaired) electrons. The predicted molar refractivity (Wildman–Crippen MR) is 69.3 cm³/mol. The lowest BCUT2D eigenvalue weighted by Gasteiger charge is -2.19. The van der Waals surface area contributed by atoms with E-state index in [9.17, 15) is 10.1 Å². The summed E-state index contributed by atoms with van der Waals surface area (Å²) in [5.74, 6) is 0. The summed E-state index contributed by atoms with van der Waals surface area (Å²) in [6.45, 7) is 5.88. The van der Waals surface area contributed by atoms with E-state index in [4.69, 9.17) is 0 Å². The van der Waals surface area contributed by atoms with E-state index in [1.165, 1.54) is 0 Å². The molecule has 0 saturated heterocycles. The molecule has 78 valence electrons. The molecule has 0 unspecified atom stereocenters. The first-order valence-electron chi connectivity index (χ1n) is 3.84. The smallest absolute Gasteiger partial charge is 0.258 e. The molecular weight excluding hydrogens is 412 g/mol. The van der Waals surface area contributed by atoms with Crippen LogP contribution in [0.3, 0.4) is 0 Å². The van der Waals surface area contributed by atoms with Gasteiger partial charge in [-0.15, -0.1) is 0 Å². The SMILES string of the molecule is CC(C)(C)n1nc(I)c([N+](=O)[O-])c1I. The Kier molecular flexibility index (Phi) is 3.39. The Morgan fingerprint density at radius 3 is 2.14 bits per heavy atom. The number of halogens is 2. The number of hydrogen-bond donors (Lipinski definition) is 0. The van der Waals surface area contributed by atoms with Crippen molar-refractivity contribution in [2.75, 3.05) is 0 Å². The Morgan fingerprint density at radius 2 is 1.93 bits per heavy atom. The standard InChI is InChI=1S/C7H9I2N3O2/c1-7(2,3)11-6(9)4(12(13)14)5(8)10-11/h1-3H3. The first-order valence-corrected chi connectivity index (χ1v) is 6.00. The highest BCUT2D eigenvalue weighted by atomic mass is 127. The van der Waals surface area contributed by atoms with E-state index in [-0.39, 0.29) is 11.2 Å². The Balaban J connectivity index is 3.39. The largest absolute Gasteiger partial charge is 0.333 e. The highest BCUT2D eigenvalue weighted by Crippen LogP contribution is 2.30. The van der Waals surface area contributed by atoms with Gasteiger partial charge in [0.1, 0.15) is 0 Å². The van der Waals surface area contributed by atoms with E-state index in [1.54, 1.807) is 4.68 Å². The van der Waals surface area contributed by atoms with Crippen LogP contribution in [0.1, 0.15) is 20.8 Å². The molecule has 0 amide bonds. The fourth-order valence-electron chi connectivity index (χ4n) is 0.960. The molecule has 1 rings (SSSR count). The van der Waals surface area contributed by atoms with E-state index in [1.807, 2.05) is 66.0 Å². The predicted octanol–water partition coefficient (Wildman–Crippen LogP) is 2.76. The molecule has 7 heteroatoms. The van der Waals surface area contributed by atoms with Gasteiger partial charge in [0.15, 0.2) is 3.70 Å². The molecule has 0 aromatic carbocycles. The van der Waals surface area contributed by atoms with Gasteiger partial charge in [0.05, 0.1) is 10.5 Å². The van der Waals surface area contributed by atoms with Crippen molar-refractivity contribution in [3.63, 3.8) is 0 Å². The molecule has 0 spiro atoms. The van der Waals surface area contributed by atoms with Gasteiger partial charge in [-0.3, -0.25) is 10.1 Å². The zero-order valence-corrected chi connectivity index (χ0v) is 12.2. The van der Waals surface area contributed by atoms with E-state index < -0.39 is 4.92 Å². The van der Waals surface area contributed by atoms with Gasteiger partial charge in [0.25, 0.3) is 0 Å². The Morgan fingerprint density at radius 1 is 1.43 bits per heavy atom. The highest BCUT2D eigenvalue weighted by Gasteiger charge is 2.29. The van der Waals surface area contributed by atoms with Crippen LogP contribution in [-0.4, -0.2) is 14.7 Å². The minimum atomic E-state index is -0.390. The maximum atomic E-state index is 10.7. The summed E-state index contributed by atoms with van der Waals surface area (Å²) in [4.78, 5) is 10.3. The third-order valence-corrected chi connectivity index (χ3v) is 3.28. The summed E-state index contributed by atoms with van der Waals surface area (Å²) < 4.78 is 2.68. The minimum absolute atomic E-state index is 0.0983. The lowest BCUT2D eigenvalue weighted by molar-refractivity contribution is -0.386. The average Bonchev–Trinajstić information content (AvgIpc) is 2.24. The van der Waals surface area contributed by atoms with E-state index >= 15 is 0 Å². The first kappa shape index (κ1) is 12.1. The second kappa shape index (κ2) is 3.91. The van der Waals surface area contributed by atoms with E-state index in [0.717, 1.165) is 0 Å². The van der Waals surface area contributed by atoms with Gasteiger partial charge in [-0.05, 0) is 66.0 Å². The molecule has 1 heterocycles. The molecule has 0 atom stereocenters. The molecule has 0 saturated carbocycles. The van der Waals surface area contributed by atoms with Crippen molar-refractivity contribution in [2.24, 2.45) is 0 Å². The Hall–Kier alpha value is 0.0700. The fourth-order valence-corrected chi connectivity index (χ4v) is 3.43. The van der Waals surface area contributed by atoms with Gasteiger partial charge in [-0.1, -0.05) is 0 Å². The Bertz CT molecular complexity index is 381. The molecular formula is C7H9I2N3O2. The normalized spacial score (nSPS) is 11.8. The molecule has 0 aliphatic rings. The molecule has 0 fully saturated rings. The quantitative estimate of drug-likeness (QED) is 0.398. The lowest BCUT2D eigenvalue weighted by atomic mass is 10.1. The van der Waals surface area contributed by atoms with Crippen LogP contribution in [-0.2, 0) is 5.54 Å². The third kappa shape index (κ3) is 2.18. The Labute approximate surface area is 109 Å². The molecule has 5 nitrogen and oxygen atoms in total.